The standard InChI is InChI=1S/C31H44N2O/c1-20(9-14-29-32-27-7-5-6-8-28(27)33(29)4)24-12-13-25-23-11-10-21-19-22(34)15-17-30(21,2)26(23)16-18-31(24,25)3/h5-8,10,20,22-26,34H,9,11-19H2,1-4H3/t20-,22+,23+,24-,25?,26?,30+,31-/m1/s1. The summed E-state index contributed by atoms with van der Waals surface area (Å²) in [5, 5.41) is 10.3. The summed E-state index contributed by atoms with van der Waals surface area (Å²) in [6.45, 7) is 7.76. The monoisotopic (exact) mass is 460 g/mol. The molecule has 8 atom stereocenters. The number of para-hydroxylation sites is 2. The Morgan fingerprint density at radius 2 is 1.91 bits per heavy atom. The van der Waals surface area contributed by atoms with Crippen molar-refractivity contribution in [2.45, 2.75) is 91.1 Å². The molecule has 1 heterocycles. The predicted octanol–water partition coefficient (Wildman–Crippen LogP) is 7.08. The molecule has 184 valence electrons. The molecule has 2 unspecified atom stereocenters. The highest BCUT2D eigenvalue weighted by Crippen LogP contribution is 2.67. The Balaban J connectivity index is 1.18. The third-order valence-corrected chi connectivity index (χ3v) is 11.5. The van der Waals surface area contributed by atoms with Gasteiger partial charge in [-0.3, -0.25) is 0 Å². The topological polar surface area (TPSA) is 38.0 Å². The van der Waals surface area contributed by atoms with Crippen LogP contribution in [-0.2, 0) is 13.5 Å². The lowest BCUT2D eigenvalue weighted by Gasteiger charge is -2.58. The fourth-order valence-corrected chi connectivity index (χ4v) is 9.59. The van der Waals surface area contributed by atoms with Crippen LogP contribution in [0.3, 0.4) is 0 Å². The first-order chi connectivity index (χ1) is 16.3. The lowest BCUT2D eigenvalue weighted by atomic mass is 9.47. The zero-order chi connectivity index (χ0) is 23.7. The number of allylic oxidation sites excluding steroid dienone is 1. The lowest BCUT2D eigenvalue weighted by molar-refractivity contribution is -0.0571. The number of hydrogen-bond donors (Lipinski definition) is 1. The van der Waals surface area contributed by atoms with Crippen LogP contribution < -0.4 is 0 Å². The number of aliphatic hydroxyl groups is 1. The number of benzene rings is 1. The zero-order valence-corrected chi connectivity index (χ0v) is 21.8. The summed E-state index contributed by atoms with van der Waals surface area (Å²) < 4.78 is 2.31. The second-order valence-electron chi connectivity index (χ2n) is 13.0. The largest absolute Gasteiger partial charge is 0.393 e. The number of aryl methyl sites for hydroxylation is 2. The predicted molar refractivity (Wildman–Crippen MR) is 139 cm³/mol. The van der Waals surface area contributed by atoms with Gasteiger partial charge >= 0.3 is 0 Å². The highest BCUT2D eigenvalue weighted by Gasteiger charge is 2.59. The highest BCUT2D eigenvalue weighted by molar-refractivity contribution is 5.75. The summed E-state index contributed by atoms with van der Waals surface area (Å²) in [4.78, 5) is 4.95. The molecule has 0 aliphatic heterocycles. The second-order valence-corrected chi connectivity index (χ2v) is 13.0. The summed E-state index contributed by atoms with van der Waals surface area (Å²) in [7, 11) is 2.18. The van der Waals surface area contributed by atoms with Crippen LogP contribution in [0.15, 0.2) is 35.9 Å². The molecule has 1 N–H and O–H groups in total. The Morgan fingerprint density at radius 3 is 2.74 bits per heavy atom. The van der Waals surface area contributed by atoms with Crippen molar-refractivity contribution in [3.05, 3.63) is 41.7 Å². The first-order valence-electron chi connectivity index (χ1n) is 14.1. The maximum absolute atomic E-state index is 10.3. The summed E-state index contributed by atoms with van der Waals surface area (Å²) >= 11 is 0. The number of imidazole rings is 1. The minimum Gasteiger partial charge on any atom is -0.393 e. The number of rotatable bonds is 4. The van der Waals surface area contributed by atoms with Gasteiger partial charge in [-0.2, -0.15) is 0 Å². The van der Waals surface area contributed by atoms with Crippen molar-refractivity contribution in [2.75, 3.05) is 0 Å². The lowest BCUT2D eigenvalue weighted by Crippen LogP contribution is -2.50. The molecular weight excluding hydrogens is 416 g/mol. The Labute approximate surface area is 206 Å². The van der Waals surface area contributed by atoms with Crippen LogP contribution in [-0.4, -0.2) is 20.8 Å². The van der Waals surface area contributed by atoms with Gasteiger partial charge < -0.3 is 9.67 Å². The number of hydrogen-bond acceptors (Lipinski definition) is 2. The number of aliphatic hydroxyl groups excluding tert-OH is 1. The molecule has 6 rings (SSSR count). The molecule has 34 heavy (non-hydrogen) atoms. The van der Waals surface area contributed by atoms with Crippen molar-refractivity contribution >= 4 is 11.0 Å². The number of aromatic nitrogens is 2. The molecule has 0 radical (unpaired) electrons. The van der Waals surface area contributed by atoms with E-state index in [1.54, 1.807) is 5.57 Å². The van der Waals surface area contributed by atoms with Gasteiger partial charge in [-0.05, 0) is 110 Å². The number of fused-ring (bicyclic) bond motifs is 6. The molecule has 0 amide bonds. The van der Waals surface area contributed by atoms with E-state index >= 15 is 0 Å². The Morgan fingerprint density at radius 1 is 1.09 bits per heavy atom. The van der Waals surface area contributed by atoms with E-state index in [0.717, 1.165) is 54.4 Å². The van der Waals surface area contributed by atoms with E-state index in [9.17, 15) is 5.11 Å². The molecule has 0 spiro atoms. The van der Waals surface area contributed by atoms with Crippen LogP contribution in [0.2, 0.25) is 0 Å². The van der Waals surface area contributed by atoms with E-state index in [1.807, 2.05) is 0 Å². The van der Waals surface area contributed by atoms with Gasteiger partial charge in [0.15, 0.2) is 0 Å². The van der Waals surface area contributed by atoms with Crippen LogP contribution in [0.4, 0.5) is 0 Å². The van der Waals surface area contributed by atoms with Gasteiger partial charge in [-0.15, -0.1) is 0 Å². The van der Waals surface area contributed by atoms with Crippen molar-refractivity contribution in [3.8, 4) is 0 Å². The minimum absolute atomic E-state index is 0.0993. The zero-order valence-electron chi connectivity index (χ0n) is 21.8. The van der Waals surface area contributed by atoms with Crippen molar-refractivity contribution in [3.63, 3.8) is 0 Å². The molecule has 4 aliphatic rings. The van der Waals surface area contributed by atoms with E-state index in [0.29, 0.717) is 10.8 Å². The second kappa shape index (κ2) is 8.22. The molecule has 0 saturated heterocycles. The first-order valence-corrected chi connectivity index (χ1v) is 14.1. The van der Waals surface area contributed by atoms with Crippen molar-refractivity contribution in [1.82, 2.24) is 9.55 Å². The average molecular weight is 461 g/mol. The van der Waals surface area contributed by atoms with Crippen LogP contribution in [0.5, 0.6) is 0 Å². The van der Waals surface area contributed by atoms with Gasteiger partial charge in [-0.25, -0.2) is 4.98 Å². The molecule has 3 fully saturated rings. The highest BCUT2D eigenvalue weighted by atomic mass is 16.3. The molecule has 1 aromatic carbocycles. The number of nitrogens with zero attached hydrogens (tertiary/aromatic N) is 2. The molecule has 3 heteroatoms. The van der Waals surface area contributed by atoms with Gasteiger partial charge in [0.25, 0.3) is 0 Å². The SMILES string of the molecule is C[C@H](CCc1nc2ccccc2n1C)[C@H]1CCC2[C@@H]3CC=C4C[C@@H](O)CC[C@]4(C)C3CC[C@@]21C. The Bertz CT molecular complexity index is 1100. The first kappa shape index (κ1) is 22.8. The van der Waals surface area contributed by atoms with Gasteiger partial charge in [0.1, 0.15) is 5.82 Å². The molecular formula is C31H44N2O. The molecule has 3 saturated carbocycles. The summed E-state index contributed by atoms with van der Waals surface area (Å²) in [5.41, 5.74) is 4.84. The molecule has 3 nitrogen and oxygen atoms in total. The van der Waals surface area contributed by atoms with E-state index in [-0.39, 0.29) is 6.10 Å². The van der Waals surface area contributed by atoms with Gasteiger partial charge in [-0.1, -0.05) is 44.6 Å². The Hall–Kier alpha value is -1.61. The molecule has 2 aromatic rings. The maximum atomic E-state index is 10.3. The quantitative estimate of drug-likeness (QED) is 0.495. The van der Waals surface area contributed by atoms with Gasteiger partial charge in [0.2, 0.25) is 0 Å². The maximum Gasteiger partial charge on any atom is 0.109 e. The van der Waals surface area contributed by atoms with Crippen molar-refractivity contribution in [1.29, 1.82) is 0 Å². The van der Waals surface area contributed by atoms with Crippen LogP contribution in [0, 0.1) is 40.4 Å². The van der Waals surface area contributed by atoms with Crippen LogP contribution in [0.25, 0.3) is 11.0 Å². The average Bonchev–Trinajstić information content (AvgIpc) is 3.35. The van der Waals surface area contributed by atoms with E-state index in [4.69, 9.17) is 4.98 Å². The van der Waals surface area contributed by atoms with E-state index in [2.05, 4.69) is 62.7 Å². The summed E-state index contributed by atoms with van der Waals surface area (Å²) in [6.07, 6.45) is 14.9. The normalized spacial score (nSPS) is 40.4. The molecule has 1 aromatic heterocycles. The fourth-order valence-electron chi connectivity index (χ4n) is 9.59. The minimum atomic E-state index is -0.0993. The third kappa shape index (κ3) is 3.36. The fraction of sp³-hybridized carbons (Fsp3) is 0.710. The summed E-state index contributed by atoms with van der Waals surface area (Å²) in [6, 6.07) is 8.54. The summed E-state index contributed by atoms with van der Waals surface area (Å²) in [5.74, 6) is 5.43. The van der Waals surface area contributed by atoms with Gasteiger partial charge in [0, 0.05) is 13.5 Å². The Kier molecular flexibility index (Phi) is 5.52. The van der Waals surface area contributed by atoms with Crippen LogP contribution in [0.1, 0.15) is 84.4 Å². The van der Waals surface area contributed by atoms with Crippen molar-refractivity contribution in [2.24, 2.45) is 47.5 Å². The molecule has 0 bridgehead atoms. The van der Waals surface area contributed by atoms with Crippen LogP contribution >= 0.6 is 0 Å². The third-order valence-electron chi connectivity index (χ3n) is 11.5. The van der Waals surface area contributed by atoms with E-state index in [1.165, 1.54) is 56.3 Å². The van der Waals surface area contributed by atoms with Gasteiger partial charge in [0.05, 0.1) is 17.1 Å². The van der Waals surface area contributed by atoms with E-state index < -0.39 is 0 Å². The molecule has 4 aliphatic carbocycles. The van der Waals surface area contributed by atoms with Crippen molar-refractivity contribution < 1.29 is 5.11 Å². The smallest absolute Gasteiger partial charge is 0.109 e.